The first-order chi connectivity index (χ1) is 10.8. The zero-order chi connectivity index (χ0) is 15.1. The minimum Gasteiger partial charge on any atom is -0.393 e. The first-order valence-corrected chi connectivity index (χ1v) is 8.04. The average molecular weight is 296 g/mol. The molecule has 4 rings (SSSR count). The van der Waals surface area contributed by atoms with E-state index in [-0.39, 0.29) is 18.1 Å². The number of hydrogen-bond acceptors (Lipinski definition) is 3. The first kappa shape index (κ1) is 13.7. The van der Waals surface area contributed by atoms with E-state index in [0.29, 0.717) is 5.92 Å². The van der Waals surface area contributed by atoms with Crippen molar-refractivity contribution >= 4 is 6.29 Å². The Morgan fingerprint density at radius 2 is 2.00 bits per heavy atom. The van der Waals surface area contributed by atoms with Crippen molar-refractivity contribution in [3.8, 4) is 11.3 Å². The van der Waals surface area contributed by atoms with E-state index >= 15 is 0 Å². The van der Waals surface area contributed by atoms with Gasteiger partial charge in [0.05, 0.1) is 30.4 Å². The van der Waals surface area contributed by atoms with Gasteiger partial charge in [-0.25, -0.2) is 4.98 Å². The second-order valence-corrected chi connectivity index (χ2v) is 6.50. The lowest BCUT2D eigenvalue weighted by molar-refractivity contribution is -0.114. The molecule has 114 valence electrons. The second-order valence-electron chi connectivity index (χ2n) is 6.50. The molecule has 0 amide bonds. The van der Waals surface area contributed by atoms with Gasteiger partial charge in [0.2, 0.25) is 0 Å². The fourth-order valence-corrected chi connectivity index (χ4v) is 4.20. The number of aliphatic hydroxyl groups excluding tert-OH is 1. The van der Waals surface area contributed by atoms with E-state index in [0.717, 1.165) is 37.7 Å². The molecule has 1 fully saturated rings. The number of carbonyl (C=O) groups is 1. The fourth-order valence-electron chi connectivity index (χ4n) is 4.20. The molecule has 2 aromatic rings. The van der Waals surface area contributed by atoms with Crippen LogP contribution in [0.25, 0.3) is 11.3 Å². The quantitative estimate of drug-likeness (QED) is 0.886. The number of imidazole rings is 1. The molecule has 4 heteroatoms. The maximum atomic E-state index is 11.9. The summed E-state index contributed by atoms with van der Waals surface area (Å²) in [6.07, 6.45) is 8.11. The number of aromatic nitrogens is 2. The van der Waals surface area contributed by atoms with Crippen LogP contribution in [0, 0.1) is 11.8 Å². The van der Waals surface area contributed by atoms with Gasteiger partial charge in [-0.2, -0.15) is 0 Å². The Labute approximate surface area is 129 Å². The number of carbonyl (C=O) groups excluding carboxylic acids is 1. The van der Waals surface area contributed by atoms with E-state index in [1.807, 2.05) is 24.7 Å². The lowest BCUT2D eigenvalue weighted by atomic mass is 9.75. The molecule has 1 aromatic heterocycles. The summed E-state index contributed by atoms with van der Waals surface area (Å²) in [5, 5.41) is 9.73. The average Bonchev–Trinajstić information content (AvgIpc) is 3.12. The molecule has 2 unspecified atom stereocenters. The number of hydrogen-bond donors (Lipinski definition) is 1. The molecule has 0 radical (unpaired) electrons. The minimum absolute atomic E-state index is 0.0476. The maximum Gasteiger partial charge on any atom is 0.125 e. The van der Waals surface area contributed by atoms with Crippen molar-refractivity contribution in [1.29, 1.82) is 0 Å². The molecule has 1 N–H and O–H groups in total. The van der Waals surface area contributed by atoms with Crippen molar-refractivity contribution in [3.63, 3.8) is 0 Å². The third-order valence-electron chi connectivity index (χ3n) is 5.33. The Hall–Kier alpha value is -1.94. The van der Waals surface area contributed by atoms with Crippen LogP contribution in [-0.4, -0.2) is 27.0 Å². The highest BCUT2D eigenvalue weighted by atomic mass is 16.3. The second kappa shape index (κ2) is 5.36. The summed E-state index contributed by atoms with van der Waals surface area (Å²) in [6, 6.07) is 8.35. The van der Waals surface area contributed by atoms with Crippen molar-refractivity contribution < 1.29 is 9.90 Å². The van der Waals surface area contributed by atoms with E-state index in [9.17, 15) is 9.90 Å². The SMILES string of the molecule is O=CC(C1CCC(O)CC1)C1c2ccccc2-c2cncn21. The molecule has 2 aliphatic rings. The van der Waals surface area contributed by atoms with E-state index in [4.69, 9.17) is 0 Å². The van der Waals surface area contributed by atoms with Gasteiger partial charge in [-0.3, -0.25) is 0 Å². The molecule has 0 spiro atoms. The van der Waals surface area contributed by atoms with Crippen molar-refractivity contribution in [1.82, 2.24) is 9.55 Å². The Kier molecular flexibility index (Phi) is 3.34. The van der Waals surface area contributed by atoms with Gasteiger partial charge in [0, 0.05) is 11.5 Å². The van der Waals surface area contributed by atoms with E-state index < -0.39 is 0 Å². The summed E-state index contributed by atoms with van der Waals surface area (Å²) in [7, 11) is 0. The van der Waals surface area contributed by atoms with Crippen LogP contribution >= 0.6 is 0 Å². The highest BCUT2D eigenvalue weighted by molar-refractivity contribution is 5.71. The Bertz CT molecular complexity index is 686. The lowest BCUT2D eigenvalue weighted by Gasteiger charge is -2.33. The Balaban J connectivity index is 1.73. The predicted octanol–water partition coefficient (Wildman–Crippen LogP) is 2.82. The van der Waals surface area contributed by atoms with Crippen LogP contribution in [0.2, 0.25) is 0 Å². The number of aldehydes is 1. The predicted molar refractivity (Wildman–Crippen MR) is 83.3 cm³/mol. The van der Waals surface area contributed by atoms with E-state index in [1.54, 1.807) is 0 Å². The summed E-state index contributed by atoms with van der Waals surface area (Å²) in [5.41, 5.74) is 3.51. The maximum absolute atomic E-state index is 11.9. The Morgan fingerprint density at radius 1 is 1.23 bits per heavy atom. The zero-order valence-electron chi connectivity index (χ0n) is 12.4. The van der Waals surface area contributed by atoms with Gasteiger partial charge in [0.15, 0.2) is 0 Å². The summed E-state index contributed by atoms with van der Waals surface area (Å²) in [4.78, 5) is 16.2. The largest absolute Gasteiger partial charge is 0.393 e. The summed E-state index contributed by atoms with van der Waals surface area (Å²) in [5.74, 6) is 0.288. The topological polar surface area (TPSA) is 55.1 Å². The monoisotopic (exact) mass is 296 g/mol. The van der Waals surface area contributed by atoms with Crippen LogP contribution in [0.15, 0.2) is 36.8 Å². The molecule has 4 nitrogen and oxygen atoms in total. The highest BCUT2D eigenvalue weighted by Gasteiger charge is 2.39. The summed E-state index contributed by atoms with van der Waals surface area (Å²) in [6.45, 7) is 0. The van der Waals surface area contributed by atoms with Crippen molar-refractivity contribution in [2.24, 2.45) is 11.8 Å². The molecule has 0 saturated heterocycles. The van der Waals surface area contributed by atoms with Crippen LogP contribution < -0.4 is 0 Å². The molecule has 1 aliphatic heterocycles. The third kappa shape index (κ3) is 2.02. The lowest BCUT2D eigenvalue weighted by Crippen LogP contribution is -2.30. The van der Waals surface area contributed by atoms with Gasteiger partial charge >= 0.3 is 0 Å². The molecule has 22 heavy (non-hydrogen) atoms. The van der Waals surface area contributed by atoms with Gasteiger partial charge in [0.25, 0.3) is 0 Å². The van der Waals surface area contributed by atoms with Gasteiger partial charge in [0.1, 0.15) is 6.29 Å². The third-order valence-corrected chi connectivity index (χ3v) is 5.33. The number of rotatable bonds is 3. The Morgan fingerprint density at radius 3 is 2.77 bits per heavy atom. The fraction of sp³-hybridized carbons (Fsp3) is 0.444. The normalized spacial score (nSPS) is 28.0. The molecular formula is C18H20N2O2. The zero-order valence-corrected chi connectivity index (χ0v) is 12.4. The first-order valence-electron chi connectivity index (χ1n) is 8.04. The van der Waals surface area contributed by atoms with Gasteiger partial charge in [-0.05, 0) is 37.2 Å². The van der Waals surface area contributed by atoms with Gasteiger partial charge in [-0.15, -0.1) is 0 Å². The summed E-state index contributed by atoms with van der Waals surface area (Å²) < 4.78 is 2.15. The van der Waals surface area contributed by atoms with Crippen LogP contribution in [0.5, 0.6) is 0 Å². The molecule has 2 atom stereocenters. The van der Waals surface area contributed by atoms with E-state index in [2.05, 4.69) is 21.7 Å². The molecule has 0 bridgehead atoms. The van der Waals surface area contributed by atoms with Crippen LogP contribution in [0.3, 0.4) is 0 Å². The molecular weight excluding hydrogens is 276 g/mol. The smallest absolute Gasteiger partial charge is 0.125 e. The molecule has 2 heterocycles. The van der Waals surface area contributed by atoms with Crippen molar-refractivity contribution in [3.05, 3.63) is 42.4 Å². The molecule has 1 aromatic carbocycles. The van der Waals surface area contributed by atoms with E-state index in [1.165, 1.54) is 11.1 Å². The summed E-state index contributed by atoms with van der Waals surface area (Å²) >= 11 is 0. The van der Waals surface area contributed by atoms with Gasteiger partial charge in [-0.1, -0.05) is 24.3 Å². The van der Waals surface area contributed by atoms with Gasteiger partial charge < -0.3 is 14.5 Å². The number of aliphatic hydroxyl groups is 1. The standard InChI is InChI=1S/C18H20N2O2/c21-10-16(12-5-7-13(22)8-6-12)18-15-4-2-1-3-14(15)17-9-19-11-20(17)18/h1-4,9-13,16,18,22H,5-8H2. The van der Waals surface area contributed by atoms with Crippen LogP contribution in [-0.2, 0) is 4.79 Å². The minimum atomic E-state index is -0.191. The molecule has 1 saturated carbocycles. The van der Waals surface area contributed by atoms with Crippen LogP contribution in [0.1, 0.15) is 37.3 Å². The van der Waals surface area contributed by atoms with Crippen molar-refractivity contribution in [2.45, 2.75) is 37.8 Å². The van der Waals surface area contributed by atoms with Crippen molar-refractivity contribution in [2.75, 3.05) is 0 Å². The highest BCUT2D eigenvalue weighted by Crippen LogP contribution is 2.46. The molecule has 1 aliphatic carbocycles. The number of nitrogens with zero attached hydrogens (tertiary/aromatic N) is 2. The van der Waals surface area contributed by atoms with Crippen LogP contribution in [0.4, 0.5) is 0 Å². The number of benzene rings is 1. The number of fused-ring (bicyclic) bond motifs is 3.